The van der Waals surface area contributed by atoms with Gasteiger partial charge in [0.2, 0.25) is 5.60 Å². The van der Waals surface area contributed by atoms with Crippen molar-refractivity contribution < 1.29 is 37.0 Å². The number of amides is 1. The third-order valence-electron chi connectivity index (χ3n) is 4.65. The molecule has 3 aromatic rings. The molecule has 0 fully saturated rings. The summed E-state index contributed by atoms with van der Waals surface area (Å²) in [7, 11) is 0. The van der Waals surface area contributed by atoms with Gasteiger partial charge in [0, 0.05) is 17.5 Å². The Bertz CT molecular complexity index is 1120. The Balaban J connectivity index is 1.69. The molecule has 0 aliphatic rings. The van der Waals surface area contributed by atoms with E-state index >= 15 is 0 Å². The Morgan fingerprint density at radius 1 is 1.09 bits per heavy atom. The van der Waals surface area contributed by atoms with Crippen molar-refractivity contribution in [1.29, 1.82) is 0 Å². The molecule has 0 saturated heterocycles. The van der Waals surface area contributed by atoms with Crippen LogP contribution in [0.25, 0.3) is 11.3 Å². The standard InChI is InChI=1S/C22H18F4N2O4/c1-21(31,22(24,25)26)20(30)28-17-8-7-14(9-16(17)23)18-10-15(11-27-18)19(29)32-12-13-5-3-2-4-6-13/h2-11,27,31H,12H2,1H3,(H,28,30). The number of hydrogen-bond donors (Lipinski definition) is 3. The van der Waals surface area contributed by atoms with Crippen molar-refractivity contribution in [2.24, 2.45) is 0 Å². The van der Waals surface area contributed by atoms with Crippen LogP contribution in [-0.2, 0) is 16.1 Å². The van der Waals surface area contributed by atoms with Gasteiger partial charge in [0.05, 0.1) is 11.3 Å². The Kier molecular flexibility index (Phi) is 6.35. The van der Waals surface area contributed by atoms with Crippen molar-refractivity contribution in [3.8, 4) is 11.3 Å². The molecule has 168 valence electrons. The predicted molar refractivity (Wildman–Crippen MR) is 107 cm³/mol. The molecular formula is C22H18F4N2O4. The van der Waals surface area contributed by atoms with E-state index in [-0.39, 0.29) is 24.7 Å². The van der Waals surface area contributed by atoms with Crippen molar-refractivity contribution in [2.45, 2.75) is 25.3 Å². The molecule has 32 heavy (non-hydrogen) atoms. The van der Waals surface area contributed by atoms with Gasteiger partial charge >= 0.3 is 12.1 Å². The summed E-state index contributed by atoms with van der Waals surface area (Å²) in [6, 6.07) is 13.8. The van der Waals surface area contributed by atoms with E-state index in [1.54, 1.807) is 17.4 Å². The van der Waals surface area contributed by atoms with Gasteiger partial charge in [-0.2, -0.15) is 13.2 Å². The van der Waals surface area contributed by atoms with E-state index in [1.165, 1.54) is 18.3 Å². The lowest BCUT2D eigenvalue weighted by Gasteiger charge is -2.25. The minimum absolute atomic E-state index is 0.0743. The van der Waals surface area contributed by atoms with Crippen molar-refractivity contribution in [2.75, 3.05) is 5.32 Å². The molecule has 0 aliphatic heterocycles. The van der Waals surface area contributed by atoms with Gasteiger partial charge in [-0.05, 0) is 30.7 Å². The fourth-order valence-electron chi connectivity index (χ4n) is 2.64. The van der Waals surface area contributed by atoms with E-state index in [0.717, 1.165) is 17.7 Å². The Morgan fingerprint density at radius 2 is 1.78 bits per heavy atom. The Hall–Kier alpha value is -3.66. The van der Waals surface area contributed by atoms with E-state index in [9.17, 15) is 32.3 Å². The van der Waals surface area contributed by atoms with Gasteiger partial charge in [0.25, 0.3) is 5.91 Å². The lowest BCUT2D eigenvalue weighted by molar-refractivity contribution is -0.242. The summed E-state index contributed by atoms with van der Waals surface area (Å²) >= 11 is 0. The normalized spacial score (nSPS) is 13.3. The molecule has 3 N–H and O–H groups in total. The highest BCUT2D eigenvalue weighted by Gasteiger charge is 2.55. The molecule has 6 nitrogen and oxygen atoms in total. The summed E-state index contributed by atoms with van der Waals surface area (Å²) in [5.74, 6) is -3.45. The molecule has 0 saturated carbocycles. The molecular weight excluding hydrogens is 432 g/mol. The zero-order valence-corrected chi connectivity index (χ0v) is 16.7. The van der Waals surface area contributed by atoms with Crippen LogP contribution in [0.15, 0.2) is 60.8 Å². The third kappa shape index (κ3) is 4.97. The fourth-order valence-corrected chi connectivity index (χ4v) is 2.64. The minimum Gasteiger partial charge on any atom is -0.457 e. The number of hydrogen-bond acceptors (Lipinski definition) is 4. The minimum atomic E-state index is -5.23. The first kappa shape index (κ1) is 23.0. The largest absolute Gasteiger partial charge is 0.457 e. The van der Waals surface area contributed by atoms with E-state index in [0.29, 0.717) is 5.69 Å². The molecule has 0 bridgehead atoms. The molecule has 2 aromatic carbocycles. The first-order chi connectivity index (χ1) is 15.0. The second kappa shape index (κ2) is 8.83. The van der Waals surface area contributed by atoms with Crippen LogP contribution in [0.2, 0.25) is 0 Å². The number of alkyl halides is 3. The molecule has 0 radical (unpaired) electrons. The van der Waals surface area contributed by atoms with E-state index < -0.39 is 35.2 Å². The number of aromatic nitrogens is 1. The van der Waals surface area contributed by atoms with Crippen LogP contribution in [0.4, 0.5) is 23.2 Å². The zero-order chi connectivity index (χ0) is 23.5. The number of carbonyl (C=O) groups is 2. The summed E-state index contributed by atoms with van der Waals surface area (Å²) in [5, 5.41) is 11.1. The molecule has 0 spiro atoms. The van der Waals surface area contributed by atoms with Crippen molar-refractivity contribution in [3.63, 3.8) is 0 Å². The molecule has 0 aliphatic carbocycles. The zero-order valence-electron chi connectivity index (χ0n) is 16.7. The summed E-state index contributed by atoms with van der Waals surface area (Å²) in [6.07, 6.45) is -3.86. The van der Waals surface area contributed by atoms with Crippen LogP contribution in [-0.4, -0.2) is 33.7 Å². The van der Waals surface area contributed by atoms with Crippen LogP contribution in [0, 0.1) is 5.82 Å². The molecule has 1 unspecified atom stereocenters. The quantitative estimate of drug-likeness (QED) is 0.383. The molecule has 10 heteroatoms. The molecule has 1 heterocycles. The third-order valence-corrected chi connectivity index (χ3v) is 4.65. The summed E-state index contributed by atoms with van der Waals surface area (Å²) in [5.41, 5.74) is -2.62. The van der Waals surface area contributed by atoms with Gasteiger partial charge < -0.3 is 20.1 Å². The van der Waals surface area contributed by atoms with E-state index in [4.69, 9.17) is 4.74 Å². The predicted octanol–water partition coefficient (Wildman–Crippen LogP) is 4.43. The van der Waals surface area contributed by atoms with Crippen LogP contribution in [0.5, 0.6) is 0 Å². The van der Waals surface area contributed by atoms with Gasteiger partial charge in [-0.3, -0.25) is 4.79 Å². The van der Waals surface area contributed by atoms with Gasteiger partial charge in [-0.15, -0.1) is 0 Å². The highest BCUT2D eigenvalue weighted by atomic mass is 19.4. The van der Waals surface area contributed by atoms with E-state index in [1.807, 2.05) is 18.2 Å². The van der Waals surface area contributed by atoms with Gasteiger partial charge in [-0.25, -0.2) is 9.18 Å². The smallest absolute Gasteiger partial charge is 0.426 e. The summed E-state index contributed by atoms with van der Waals surface area (Å²) in [4.78, 5) is 26.7. The highest BCUT2D eigenvalue weighted by molar-refractivity contribution is 5.97. The van der Waals surface area contributed by atoms with Gasteiger partial charge in [0.1, 0.15) is 12.4 Å². The molecule has 1 aromatic heterocycles. The first-order valence-corrected chi connectivity index (χ1v) is 9.29. The number of aromatic amines is 1. The van der Waals surface area contributed by atoms with Crippen LogP contribution in [0.1, 0.15) is 22.8 Å². The maximum Gasteiger partial charge on any atom is 0.426 e. The van der Waals surface area contributed by atoms with Crippen LogP contribution in [0.3, 0.4) is 0 Å². The molecule has 3 rings (SSSR count). The number of anilines is 1. The van der Waals surface area contributed by atoms with Crippen LogP contribution < -0.4 is 5.32 Å². The SMILES string of the molecule is CC(O)(C(=O)Nc1ccc(-c2cc(C(=O)OCc3ccccc3)c[nH]2)cc1F)C(F)(F)F. The fraction of sp³-hybridized carbons (Fsp3) is 0.182. The van der Waals surface area contributed by atoms with Gasteiger partial charge in [0.15, 0.2) is 0 Å². The average molecular weight is 450 g/mol. The number of carbonyl (C=O) groups excluding carboxylic acids is 2. The maximum atomic E-state index is 14.4. The second-order valence-electron chi connectivity index (χ2n) is 7.08. The monoisotopic (exact) mass is 450 g/mol. The number of ether oxygens (including phenoxy) is 1. The number of rotatable bonds is 6. The summed E-state index contributed by atoms with van der Waals surface area (Å²) < 4.78 is 57.8. The molecule has 1 atom stereocenters. The van der Waals surface area contributed by atoms with Crippen LogP contribution >= 0.6 is 0 Å². The number of nitrogens with one attached hydrogen (secondary N) is 2. The number of benzene rings is 2. The van der Waals surface area contributed by atoms with E-state index in [2.05, 4.69) is 4.98 Å². The number of halogens is 4. The highest BCUT2D eigenvalue weighted by Crippen LogP contribution is 2.32. The Morgan fingerprint density at radius 3 is 2.41 bits per heavy atom. The van der Waals surface area contributed by atoms with Gasteiger partial charge in [-0.1, -0.05) is 36.4 Å². The number of aliphatic hydroxyl groups is 1. The van der Waals surface area contributed by atoms with Crippen molar-refractivity contribution >= 4 is 17.6 Å². The van der Waals surface area contributed by atoms with Crippen molar-refractivity contribution in [1.82, 2.24) is 4.98 Å². The number of H-pyrrole nitrogens is 1. The lowest BCUT2D eigenvalue weighted by atomic mass is 10.1. The second-order valence-corrected chi connectivity index (χ2v) is 7.08. The summed E-state index contributed by atoms with van der Waals surface area (Å²) in [6.45, 7) is 0.344. The topological polar surface area (TPSA) is 91.4 Å². The number of esters is 1. The first-order valence-electron chi connectivity index (χ1n) is 9.29. The average Bonchev–Trinajstić information content (AvgIpc) is 3.23. The maximum absolute atomic E-state index is 14.4. The lowest BCUT2D eigenvalue weighted by Crippen LogP contribution is -2.52. The molecule has 1 amide bonds. The Labute approximate surface area is 179 Å². The van der Waals surface area contributed by atoms with Crippen molar-refractivity contribution in [3.05, 3.63) is 77.7 Å².